The number of hydrogen-bond acceptors (Lipinski definition) is 2. The third-order valence-electron chi connectivity index (χ3n) is 4.00. The van der Waals surface area contributed by atoms with E-state index in [0.717, 1.165) is 32.0 Å². The Labute approximate surface area is 86.6 Å². The van der Waals surface area contributed by atoms with E-state index in [1.165, 1.54) is 19.3 Å². The van der Waals surface area contributed by atoms with Crippen LogP contribution in [-0.2, 0) is 4.74 Å². The predicted octanol–water partition coefficient (Wildman–Crippen LogP) is 2.21. The minimum Gasteiger partial charge on any atom is -0.393 e. The van der Waals surface area contributed by atoms with Gasteiger partial charge in [-0.05, 0) is 30.6 Å². The van der Waals surface area contributed by atoms with Crippen LogP contribution in [0.2, 0.25) is 0 Å². The zero-order valence-corrected chi connectivity index (χ0v) is 9.11. The van der Waals surface area contributed by atoms with Crippen LogP contribution in [0.3, 0.4) is 0 Å². The first-order valence-electron chi connectivity index (χ1n) is 6.03. The third-order valence-corrected chi connectivity index (χ3v) is 4.00. The highest BCUT2D eigenvalue weighted by Gasteiger charge is 2.31. The van der Waals surface area contributed by atoms with E-state index in [2.05, 4.69) is 6.92 Å². The van der Waals surface area contributed by atoms with E-state index in [-0.39, 0.29) is 6.10 Å². The highest BCUT2D eigenvalue weighted by Crippen LogP contribution is 2.35. The predicted molar refractivity (Wildman–Crippen MR) is 56.1 cm³/mol. The molecule has 2 heteroatoms. The molecule has 0 amide bonds. The molecule has 0 aromatic heterocycles. The van der Waals surface area contributed by atoms with E-state index in [1.54, 1.807) is 0 Å². The number of aliphatic hydroxyl groups excluding tert-OH is 1. The van der Waals surface area contributed by atoms with Gasteiger partial charge >= 0.3 is 0 Å². The van der Waals surface area contributed by atoms with Crippen molar-refractivity contribution in [1.82, 2.24) is 0 Å². The maximum atomic E-state index is 10.1. The van der Waals surface area contributed by atoms with E-state index >= 15 is 0 Å². The van der Waals surface area contributed by atoms with Crippen LogP contribution in [-0.4, -0.2) is 24.4 Å². The molecule has 0 bridgehead atoms. The largest absolute Gasteiger partial charge is 0.393 e. The highest BCUT2D eigenvalue weighted by atomic mass is 16.5. The molecule has 1 N–H and O–H groups in total. The zero-order valence-electron chi connectivity index (χ0n) is 9.11. The minimum absolute atomic E-state index is 0.0702. The molecule has 0 radical (unpaired) electrons. The van der Waals surface area contributed by atoms with Gasteiger partial charge in [0, 0.05) is 13.2 Å². The highest BCUT2D eigenvalue weighted by molar-refractivity contribution is 4.81. The number of ether oxygens (including phenoxy) is 1. The summed E-state index contributed by atoms with van der Waals surface area (Å²) in [5, 5.41) is 10.1. The van der Waals surface area contributed by atoms with Gasteiger partial charge in [-0.25, -0.2) is 0 Å². The van der Waals surface area contributed by atoms with Crippen LogP contribution in [0.5, 0.6) is 0 Å². The molecule has 1 aliphatic carbocycles. The molecule has 2 aliphatic rings. The van der Waals surface area contributed by atoms with Crippen molar-refractivity contribution >= 4 is 0 Å². The van der Waals surface area contributed by atoms with E-state index in [0.29, 0.717) is 11.8 Å². The first-order chi connectivity index (χ1) is 6.77. The van der Waals surface area contributed by atoms with Gasteiger partial charge < -0.3 is 9.84 Å². The fourth-order valence-electron chi connectivity index (χ4n) is 2.71. The molecule has 1 heterocycles. The van der Waals surface area contributed by atoms with Gasteiger partial charge in [-0.15, -0.1) is 0 Å². The second-order valence-electron chi connectivity index (χ2n) is 5.10. The third kappa shape index (κ3) is 2.29. The average Bonchev–Trinajstić information content (AvgIpc) is 2.12. The molecule has 1 saturated carbocycles. The van der Waals surface area contributed by atoms with Crippen molar-refractivity contribution in [1.29, 1.82) is 0 Å². The smallest absolute Gasteiger partial charge is 0.0575 e. The zero-order chi connectivity index (χ0) is 9.97. The molecule has 82 valence electrons. The molecule has 0 aromatic rings. The van der Waals surface area contributed by atoms with E-state index in [1.807, 2.05) is 0 Å². The first kappa shape index (κ1) is 10.4. The Morgan fingerprint density at radius 3 is 2.71 bits per heavy atom. The lowest BCUT2D eigenvalue weighted by atomic mass is 9.76. The Balaban J connectivity index is 1.79. The maximum Gasteiger partial charge on any atom is 0.0575 e. The monoisotopic (exact) mass is 198 g/mol. The van der Waals surface area contributed by atoms with Gasteiger partial charge in [-0.1, -0.05) is 26.2 Å². The van der Waals surface area contributed by atoms with Crippen LogP contribution < -0.4 is 0 Å². The van der Waals surface area contributed by atoms with Crippen LogP contribution >= 0.6 is 0 Å². The fraction of sp³-hybridized carbons (Fsp3) is 1.00. The Hall–Kier alpha value is -0.0800. The normalized spacial score (nSPS) is 36.4. The van der Waals surface area contributed by atoms with Crippen LogP contribution in [0, 0.1) is 17.8 Å². The Morgan fingerprint density at radius 1 is 1.36 bits per heavy atom. The van der Waals surface area contributed by atoms with E-state index in [9.17, 15) is 5.11 Å². The second kappa shape index (κ2) is 4.63. The van der Waals surface area contributed by atoms with Crippen molar-refractivity contribution < 1.29 is 9.84 Å². The summed E-state index contributed by atoms with van der Waals surface area (Å²) in [5.41, 5.74) is 0. The number of hydrogen-bond donors (Lipinski definition) is 1. The van der Waals surface area contributed by atoms with E-state index in [4.69, 9.17) is 4.74 Å². The van der Waals surface area contributed by atoms with Crippen molar-refractivity contribution in [2.45, 2.75) is 45.1 Å². The summed E-state index contributed by atoms with van der Waals surface area (Å²) in [4.78, 5) is 0. The topological polar surface area (TPSA) is 29.5 Å². The molecule has 3 atom stereocenters. The summed E-state index contributed by atoms with van der Waals surface area (Å²) in [6.45, 7) is 3.89. The summed E-state index contributed by atoms with van der Waals surface area (Å²) in [6, 6.07) is 0. The van der Waals surface area contributed by atoms with E-state index < -0.39 is 0 Å². The van der Waals surface area contributed by atoms with Crippen LogP contribution in [0.4, 0.5) is 0 Å². The van der Waals surface area contributed by atoms with Gasteiger partial charge in [-0.3, -0.25) is 0 Å². The van der Waals surface area contributed by atoms with Gasteiger partial charge in [-0.2, -0.15) is 0 Å². The lowest BCUT2D eigenvalue weighted by Crippen LogP contribution is -2.36. The minimum atomic E-state index is -0.0702. The molecule has 2 nitrogen and oxygen atoms in total. The SMILES string of the molecule is CC1COCCC1C(O)CC1CCC1. The van der Waals surface area contributed by atoms with Gasteiger partial charge in [0.15, 0.2) is 0 Å². The molecular weight excluding hydrogens is 176 g/mol. The van der Waals surface area contributed by atoms with Crippen molar-refractivity contribution in [3.8, 4) is 0 Å². The van der Waals surface area contributed by atoms with Crippen molar-refractivity contribution in [2.24, 2.45) is 17.8 Å². The number of aliphatic hydroxyl groups is 1. The Bertz CT molecular complexity index is 177. The molecule has 0 aromatic carbocycles. The quantitative estimate of drug-likeness (QED) is 0.753. The molecule has 1 aliphatic heterocycles. The van der Waals surface area contributed by atoms with Gasteiger partial charge in [0.25, 0.3) is 0 Å². The lowest BCUT2D eigenvalue weighted by molar-refractivity contribution is -0.0407. The molecule has 14 heavy (non-hydrogen) atoms. The number of rotatable bonds is 3. The van der Waals surface area contributed by atoms with Crippen molar-refractivity contribution in [2.75, 3.05) is 13.2 Å². The molecule has 1 saturated heterocycles. The van der Waals surface area contributed by atoms with Crippen LogP contribution in [0.25, 0.3) is 0 Å². The summed E-state index contributed by atoms with van der Waals surface area (Å²) in [6.07, 6.45) is 6.08. The Kier molecular flexibility index (Phi) is 3.45. The summed E-state index contributed by atoms with van der Waals surface area (Å²) >= 11 is 0. The fourth-order valence-corrected chi connectivity index (χ4v) is 2.71. The summed E-state index contributed by atoms with van der Waals surface area (Å²) in [7, 11) is 0. The maximum absolute atomic E-state index is 10.1. The van der Waals surface area contributed by atoms with Crippen LogP contribution in [0.15, 0.2) is 0 Å². The molecule has 0 spiro atoms. The second-order valence-corrected chi connectivity index (χ2v) is 5.10. The molecule has 2 fully saturated rings. The van der Waals surface area contributed by atoms with Crippen LogP contribution in [0.1, 0.15) is 39.0 Å². The summed E-state index contributed by atoms with van der Waals surface area (Å²) in [5.74, 6) is 1.85. The average molecular weight is 198 g/mol. The van der Waals surface area contributed by atoms with Crippen molar-refractivity contribution in [3.05, 3.63) is 0 Å². The summed E-state index contributed by atoms with van der Waals surface area (Å²) < 4.78 is 5.40. The molecule has 2 rings (SSSR count). The van der Waals surface area contributed by atoms with Crippen molar-refractivity contribution in [3.63, 3.8) is 0 Å². The van der Waals surface area contributed by atoms with Gasteiger partial charge in [0.05, 0.1) is 6.10 Å². The molecular formula is C12H22O2. The van der Waals surface area contributed by atoms with Gasteiger partial charge in [0.2, 0.25) is 0 Å². The standard InChI is InChI=1S/C12H22O2/c1-9-8-14-6-5-11(9)12(13)7-10-3-2-4-10/h9-13H,2-8H2,1H3. The first-order valence-corrected chi connectivity index (χ1v) is 6.03. The molecule has 3 unspecified atom stereocenters. The van der Waals surface area contributed by atoms with Gasteiger partial charge in [0.1, 0.15) is 0 Å². The lowest BCUT2D eigenvalue weighted by Gasteiger charge is -2.36. The Morgan fingerprint density at radius 2 is 2.14 bits per heavy atom.